The number of thiol groups is 1. The first-order chi connectivity index (χ1) is 44.0. The quantitative estimate of drug-likeness (QED) is 0.00623. The van der Waals surface area contributed by atoms with Crippen LogP contribution in [0.1, 0.15) is 90.5 Å². The minimum absolute atomic E-state index is 0.0173. The molecule has 1 fully saturated rings. The van der Waals surface area contributed by atoms with Crippen LogP contribution in [0.25, 0.3) is 10.2 Å². The summed E-state index contributed by atoms with van der Waals surface area (Å²) in [5, 5.41) is 34.7. The third-order valence-electron chi connectivity index (χ3n) is 16.2. The van der Waals surface area contributed by atoms with Crippen molar-refractivity contribution >= 4 is 115 Å². The van der Waals surface area contributed by atoms with E-state index in [2.05, 4.69) is 70.5 Å². The van der Waals surface area contributed by atoms with Crippen LogP contribution in [0.4, 0.5) is 36.8 Å². The third-order valence-corrected chi connectivity index (χ3v) is 18.8. The van der Waals surface area contributed by atoms with Crippen molar-refractivity contribution in [2.24, 2.45) is 11.7 Å². The lowest BCUT2D eigenvalue weighted by Crippen LogP contribution is -2.59. The van der Waals surface area contributed by atoms with Crippen LogP contribution in [-0.2, 0) is 48.1 Å². The smallest absolute Gasteiger partial charge is 0.355 e. The van der Waals surface area contributed by atoms with Gasteiger partial charge in [0.2, 0.25) is 11.8 Å². The lowest BCUT2D eigenvalue weighted by molar-refractivity contribution is -0.926. The summed E-state index contributed by atoms with van der Waals surface area (Å²) in [6.07, 6.45) is 4.81. The van der Waals surface area contributed by atoms with Gasteiger partial charge in [-0.1, -0.05) is 61.3 Å². The number of nitrogens with zero attached hydrogens (tertiary/aromatic N) is 8. The van der Waals surface area contributed by atoms with E-state index in [1.54, 1.807) is 38.1 Å². The SMILES string of the molecule is Cc1c(Nc2nc3ccccc3s2)nnc2c1CCCN2c1nc(C(=O)O)c(CCCOc2ccc(C#CC(C)N3CC[N+](C)(Cc4ccc(NC(=O)C(S)(CCCNC(N)=O)NC(=O)[C@@H](NC(=O)CCOCCN5C(=O)C=CC5=O)C(C)C)cc4)CC3)cc2F)s1. The Labute approximate surface area is 545 Å². The monoisotopic (exact) mass is 1320 g/mol. The van der Waals surface area contributed by atoms with Gasteiger partial charge in [0.15, 0.2) is 44.0 Å². The number of fused-ring (bicyclic) bond motifs is 2. The number of ether oxygens (including phenoxy) is 2. The van der Waals surface area contributed by atoms with Crippen molar-refractivity contribution in [1.29, 1.82) is 0 Å². The second-order valence-electron chi connectivity index (χ2n) is 23.4. The Balaban J connectivity index is 0.718. The second-order valence-corrected chi connectivity index (χ2v) is 26.3. The second kappa shape index (κ2) is 30.7. The standard InChI is InChI=1S/C64H75FN14O10S3/c1-39(2)54(70-51(80)25-35-88-36-31-77-52(81)23-24-53(77)82)58(83)73-64(90,26-10-27-67-61(66)87)60(86)68-44-20-17-43(18-21-44)38-79(5)32-29-76(30-33-79)40(3)15-16-42-19-22-48(46(65)37-42)89-34-9-14-50-55(59(84)85)71-63(92-50)78-28-8-11-45-41(4)56(74-75-57(45)78)72-62-69-47-12-6-7-13-49(47)91-62/h6-7,12-13,17-24,37,39-40,54H,8-11,14,25-36,38H2,1-5H3,(H8-,66,67,68,69,70,72,73,74,80,83,84,85,86,87,90)/p+1/t40?,54-,64?/m0/s1. The first-order valence-corrected chi connectivity index (χ1v) is 32.5. The van der Waals surface area contributed by atoms with Crippen molar-refractivity contribution in [3.63, 3.8) is 0 Å². The number of likely N-dealkylation sites (N-methyl/N-ethyl adjacent to an activating group) is 1. The van der Waals surface area contributed by atoms with Crippen LogP contribution in [0.15, 0.2) is 78.9 Å². The lowest BCUT2D eigenvalue weighted by Gasteiger charge is -2.43. The number of aryl methyl sites for hydroxylation is 1. The summed E-state index contributed by atoms with van der Waals surface area (Å²) in [7, 11) is 2.19. The molecule has 92 heavy (non-hydrogen) atoms. The number of urea groups is 1. The maximum Gasteiger partial charge on any atom is 0.355 e. The number of anilines is 5. The van der Waals surface area contributed by atoms with E-state index >= 15 is 4.39 Å². The molecule has 3 atom stereocenters. The fourth-order valence-electron chi connectivity index (χ4n) is 10.9. The van der Waals surface area contributed by atoms with Crippen LogP contribution >= 0.6 is 35.3 Å². The Morgan fingerprint density at radius 2 is 1.68 bits per heavy atom. The van der Waals surface area contributed by atoms with E-state index in [1.165, 1.54) is 40.9 Å². The molecule has 3 aliphatic rings. The Morgan fingerprint density at radius 1 is 0.935 bits per heavy atom. The van der Waals surface area contributed by atoms with Gasteiger partial charge in [-0.15, -0.1) is 34.2 Å². The lowest BCUT2D eigenvalue weighted by atomic mass is 10.0. The molecule has 0 radical (unpaired) electrons. The van der Waals surface area contributed by atoms with Crippen molar-refractivity contribution in [3.8, 4) is 17.6 Å². The number of carbonyl (C=O) groups excluding carboxylic acids is 6. The first kappa shape index (κ1) is 67.8. The molecule has 3 aliphatic heterocycles. The number of benzene rings is 3. The van der Waals surface area contributed by atoms with E-state index in [0.717, 1.165) is 87.0 Å². The molecular weight excluding hydrogens is 1240 g/mol. The predicted octanol–water partition coefficient (Wildman–Crippen LogP) is 6.83. The highest BCUT2D eigenvalue weighted by Gasteiger charge is 2.39. The van der Waals surface area contributed by atoms with Crippen LogP contribution < -0.4 is 42.0 Å². The number of piperazine rings is 1. The molecule has 9 rings (SSSR count). The number of amides is 7. The van der Waals surface area contributed by atoms with E-state index < -0.39 is 64.2 Å². The number of carboxylic acids is 1. The number of imide groups is 1. The summed E-state index contributed by atoms with van der Waals surface area (Å²) < 4.78 is 28.6. The summed E-state index contributed by atoms with van der Waals surface area (Å²) in [5.41, 5.74) is 10.1. The Bertz CT molecular complexity index is 3760. The fourth-order valence-corrected chi connectivity index (χ4v) is 13.2. The summed E-state index contributed by atoms with van der Waals surface area (Å²) in [4.78, 5) is 102. The molecule has 3 aromatic carbocycles. The number of carboxylic acid groups (broad SMARTS) is 1. The molecule has 2 unspecified atom stereocenters. The number of carbonyl (C=O) groups is 7. The summed E-state index contributed by atoms with van der Waals surface area (Å²) in [6, 6.07) is 18.1. The maximum absolute atomic E-state index is 15.5. The molecule has 6 heterocycles. The van der Waals surface area contributed by atoms with E-state index in [4.69, 9.17) is 27.8 Å². The molecule has 28 heteroatoms. The van der Waals surface area contributed by atoms with Crippen molar-refractivity contribution in [2.45, 2.75) is 96.1 Å². The summed E-state index contributed by atoms with van der Waals surface area (Å²) >= 11 is 7.53. The summed E-state index contributed by atoms with van der Waals surface area (Å²) in [6.45, 7) is 12.3. The molecule has 0 spiro atoms. The highest BCUT2D eigenvalue weighted by Crippen LogP contribution is 2.39. The number of thiazole rings is 2. The van der Waals surface area contributed by atoms with Crippen molar-refractivity contribution < 1.29 is 57.0 Å². The topological polar surface area (TPSA) is 306 Å². The average molecular weight is 1320 g/mol. The molecule has 0 saturated carbocycles. The van der Waals surface area contributed by atoms with Gasteiger partial charge in [-0.25, -0.2) is 23.9 Å². The molecule has 8 N–H and O–H groups in total. The van der Waals surface area contributed by atoms with Gasteiger partial charge in [-0.3, -0.25) is 33.8 Å². The Kier molecular flexibility index (Phi) is 22.6. The van der Waals surface area contributed by atoms with Gasteiger partial charge in [-0.05, 0) is 101 Å². The zero-order chi connectivity index (χ0) is 65.7. The summed E-state index contributed by atoms with van der Waals surface area (Å²) in [5.74, 6) is 3.02. The molecule has 0 bridgehead atoms. The third kappa shape index (κ3) is 17.5. The normalized spacial score (nSPS) is 15.9. The molecule has 1 saturated heterocycles. The molecule has 486 valence electrons. The van der Waals surface area contributed by atoms with Gasteiger partial charge in [0.25, 0.3) is 17.7 Å². The number of halogens is 1. The van der Waals surface area contributed by atoms with Crippen molar-refractivity contribution in [1.82, 2.24) is 45.9 Å². The predicted molar refractivity (Wildman–Crippen MR) is 352 cm³/mol. The van der Waals surface area contributed by atoms with Crippen molar-refractivity contribution in [2.75, 3.05) is 88.2 Å². The van der Waals surface area contributed by atoms with Crippen LogP contribution in [0.3, 0.4) is 0 Å². The number of nitrogens with one attached hydrogen (secondary N) is 5. The molecule has 0 aliphatic carbocycles. The zero-order valence-corrected chi connectivity index (χ0v) is 54.4. The number of quaternary nitrogens is 1. The first-order valence-electron chi connectivity index (χ1n) is 30.4. The average Bonchev–Trinajstić information content (AvgIpc) is 1.39. The Hall–Kier alpha value is -8.59. The minimum Gasteiger partial charge on any atom is -0.491 e. The van der Waals surface area contributed by atoms with Gasteiger partial charge in [-0.2, -0.15) is 0 Å². The van der Waals surface area contributed by atoms with Crippen LogP contribution in [0.5, 0.6) is 5.75 Å². The molecular formula is C64H76FN14O10S3+. The number of rotatable bonds is 28. The number of aromatic carboxylic acids is 1. The number of nitrogens with two attached hydrogens (primary N) is 1. The van der Waals surface area contributed by atoms with Gasteiger partial charge >= 0.3 is 12.0 Å². The Morgan fingerprint density at radius 3 is 2.39 bits per heavy atom. The largest absolute Gasteiger partial charge is 0.491 e. The number of aromatic nitrogens is 4. The number of para-hydroxylation sites is 1. The molecule has 3 aromatic heterocycles. The van der Waals surface area contributed by atoms with Crippen LogP contribution in [0, 0.1) is 30.5 Å². The molecule has 6 aromatic rings. The number of hydrogen-bond acceptors (Lipinski definition) is 19. The van der Waals surface area contributed by atoms with Gasteiger partial charge in [0.1, 0.15) is 12.6 Å². The minimum atomic E-state index is -1.79. The van der Waals surface area contributed by atoms with E-state index in [9.17, 15) is 38.7 Å². The molecule has 24 nitrogen and oxygen atoms in total. The van der Waals surface area contributed by atoms with Crippen LogP contribution in [-0.4, -0.2) is 171 Å². The van der Waals surface area contributed by atoms with Gasteiger partial charge in [0, 0.05) is 77.6 Å². The van der Waals surface area contributed by atoms with Gasteiger partial charge < -0.3 is 56.3 Å². The maximum atomic E-state index is 15.5. The van der Waals surface area contributed by atoms with E-state index in [0.29, 0.717) is 52.3 Å². The fraction of sp³-hybridized carbons (Fsp3) is 0.422. The zero-order valence-electron chi connectivity index (χ0n) is 51.9. The van der Waals surface area contributed by atoms with Crippen molar-refractivity contribution in [3.05, 3.63) is 118 Å². The molecule has 7 amide bonds. The van der Waals surface area contributed by atoms with Crippen LogP contribution in [0.2, 0.25) is 0 Å². The number of hydrogen-bond donors (Lipinski definition) is 8. The van der Waals surface area contributed by atoms with Gasteiger partial charge in [0.05, 0.1) is 62.8 Å². The number of primary amides is 1. The highest BCUT2D eigenvalue weighted by molar-refractivity contribution is 7.82. The van der Waals surface area contributed by atoms with E-state index in [1.807, 2.05) is 55.1 Å². The van der Waals surface area contributed by atoms with E-state index in [-0.39, 0.29) is 69.7 Å². The highest BCUT2D eigenvalue weighted by atomic mass is 32.1.